The lowest BCUT2D eigenvalue weighted by Crippen LogP contribution is -2.27. The SMILES string of the molecule is COCC1(C(=O)Nc2ccc(NC(=O)c3cc(NC(=O)C4C(c5cc(Cl)cc(Cl)c5)C4(Cl)Cl)ccc3Cl)cc2)CC1. The Bertz CT molecular complexity index is 1510. The van der Waals surface area contributed by atoms with Crippen LogP contribution in [0.3, 0.4) is 0 Å². The van der Waals surface area contributed by atoms with Gasteiger partial charge in [0.05, 0.1) is 28.5 Å². The third kappa shape index (κ3) is 6.46. The first-order valence-electron chi connectivity index (χ1n) is 12.6. The van der Waals surface area contributed by atoms with Crippen molar-refractivity contribution < 1.29 is 19.1 Å². The lowest BCUT2D eigenvalue weighted by atomic mass is 10.1. The highest BCUT2D eigenvalue weighted by Gasteiger charge is 2.67. The molecule has 3 aromatic carbocycles. The molecule has 5 rings (SSSR count). The van der Waals surface area contributed by atoms with Gasteiger partial charge in [0.1, 0.15) is 4.33 Å². The zero-order chi connectivity index (χ0) is 29.5. The molecule has 2 aliphatic carbocycles. The topological polar surface area (TPSA) is 96.5 Å². The number of amides is 3. The molecule has 0 aromatic heterocycles. The third-order valence-corrected chi connectivity index (χ3v) is 8.92. The van der Waals surface area contributed by atoms with Crippen LogP contribution in [0.2, 0.25) is 15.1 Å². The van der Waals surface area contributed by atoms with Crippen LogP contribution in [0.5, 0.6) is 0 Å². The number of ether oxygens (including phenoxy) is 1. The van der Waals surface area contributed by atoms with Crippen molar-refractivity contribution in [2.75, 3.05) is 29.7 Å². The van der Waals surface area contributed by atoms with E-state index >= 15 is 0 Å². The fourth-order valence-electron chi connectivity index (χ4n) is 4.78. The van der Waals surface area contributed by atoms with Crippen LogP contribution in [-0.2, 0) is 14.3 Å². The Morgan fingerprint density at radius 2 is 1.41 bits per heavy atom. The maximum atomic E-state index is 13.1. The Morgan fingerprint density at radius 1 is 0.829 bits per heavy atom. The highest BCUT2D eigenvalue weighted by molar-refractivity contribution is 6.53. The van der Waals surface area contributed by atoms with E-state index in [4.69, 9.17) is 62.7 Å². The Labute approximate surface area is 261 Å². The van der Waals surface area contributed by atoms with E-state index in [1.54, 1.807) is 55.6 Å². The predicted molar refractivity (Wildman–Crippen MR) is 164 cm³/mol. The number of anilines is 3. The Balaban J connectivity index is 1.23. The Hall–Kier alpha value is -2.52. The van der Waals surface area contributed by atoms with Gasteiger partial charge >= 0.3 is 0 Å². The van der Waals surface area contributed by atoms with E-state index < -0.39 is 33.4 Å². The number of hydrogen-bond donors (Lipinski definition) is 3. The molecule has 2 fully saturated rings. The zero-order valence-electron chi connectivity index (χ0n) is 21.6. The van der Waals surface area contributed by atoms with Crippen LogP contribution in [0.1, 0.15) is 34.7 Å². The van der Waals surface area contributed by atoms with Gasteiger partial charge in [0.15, 0.2) is 0 Å². The van der Waals surface area contributed by atoms with Crippen LogP contribution in [-0.4, -0.2) is 35.8 Å². The highest BCUT2D eigenvalue weighted by atomic mass is 35.5. The van der Waals surface area contributed by atoms with Crippen molar-refractivity contribution in [1.82, 2.24) is 0 Å². The van der Waals surface area contributed by atoms with Crippen molar-refractivity contribution in [3.8, 4) is 0 Å². The molecular weight excluding hydrogens is 632 g/mol. The van der Waals surface area contributed by atoms with E-state index in [-0.39, 0.29) is 16.5 Å². The molecule has 2 unspecified atom stereocenters. The van der Waals surface area contributed by atoms with Crippen LogP contribution >= 0.6 is 58.0 Å². The van der Waals surface area contributed by atoms with Crippen molar-refractivity contribution in [3.63, 3.8) is 0 Å². The second-order valence-electron chi connectivity index (χ2n) is 10.2. The lowest BCUT2D eigenvalue weighted by Gasteiger charge is -2.14. The first-order valence-corrected chi connectivity index (χ1v) is 14.5. The maximum absolute atomic E-state index is 13.1. The van der Waals surface area contributed by atoms with Gasteiger partial charge in [-0.05, 0) is 79.1 Å². The highest BCUT2D eigenvalue weighted by Crippen LogP contribution is 2.65. The number of nitrogens with one attached hydrogen (secondary N) is 3. The molecule has 3 N–H and O–H groups in total. The lowest BCUT2D eigenvalue weighted by molar-refractivity contribution is -0.123. The average molecular weight is 656 g/mol. The number of carbonyl (C=O) groups is 3. The van der Waals surface area contributed by atoms with Crippen LogP contribution in [0.4, 0.5) is 17.1 Å². The summed E-state index contributed by atoms with van der Waals surface area (Å²) in [5.74, 6) is -2.28. The van der Waals surface area contributed by atoms with Gasteiger partial charge in [0.25, 0.3) is 5.91 Å². The van der Waals surface area contributed by atoms with Gasteiger partial charge in [-0.15, -0.1) is 23.2 Å². The van der Waals surface area contributed by atoms with Gasteiger partial charge < -0.3 is 20.7 Å². The van der Waals surface area contributed by atoms with Crippen LogP contribution < -0.4 is 16.0 Å². The van der Waals surface area contributed by atoms with Crippen molar-refractivity contribution in [3.05, 3.63) is 86.9 Å². The summed E-state index contributed by atoms with van der Waals surface area (Å²) in [7, 11) is 1.58. The number of hydrogen-bond acceptors (Lipinski definition) is 4. The smallest absolute Gasteiger partial charge is 0.257 e. The molecule has 3 aromatic rings. The first-order chi connectivity index (χ1) is 19.4. The fourth-order valence-corrected chi connectivity index (χ4v) is 6.36. The molecule has 2 aliphatic rings. The van der Waals surface area contributed by atoms with Gasteiger partial charge in [-0.3, -0.25) is 14.4 Å². The summed E-state index contributed by atoms with van der Waals surface area (Å²) in [6.45, 7) is 0.379. The van der Waals surface area contributed by atoms with Gasteiger partial charge in [0, 0.05) is 40.1 Å². The fraction of sp³-hybridized carbons (Fsp3) is 0.276. The molecule has 0 bridgehead atoms. The molecule has 0 spiro atoms. The standard InChI is InChI=1S/C29H24Cl5N3O4/c1-41-14-28(8-9-28)27(40)37-19-4-2-18(3-5-19)35-25(38)21-13-20(6-7-22(21)32)36-26(39)24-23(29(24,33)34)15-10-16(30)12-17(31)11-15/h2-7,10-13,23-24H,8-9,14H2,1H3,(H,35,38)(H,36,39)(H,37,40). The van der Waals surface area contributed by atoms with E-state index in [9.17, 15) is 14.4 Å². The molecule has 0 saturated heterocycles. The van der Waals surface area contributed by atoms with E-state index in [0.29, 0.717) is 39.3 Å². The minimum absolute atomic E-state index is 0.0868. The van der Waals surface area contributed by atoms with E-state index in [1.807, 2.05) is 0 Å². The monoisotopic (exact) mass is 653 g/mol. The molecule has 0 heterocycles. The normalized spacial score (nSPS) is 19.7. The molecule has 0 radical (unpaired) electrons. The molecule has 41 heavy (non-hydrogen) atoms. The molecule has 3 amide bonds. The summed E-state index contributed by atoms with van der Waals surface area (Å²) in [6, 6.07) is 16.2. The number of methoxy groups -OCH3 is 1. The van der Waals surface area contributed by atoms with E-state index in [1.165, 1.54) is 12.1 Å². The van der Waals surface area contributed by atoms with Crippen LogP contribution in [0.15, 0.2) is 60.7 Å². The number of alkyl halides is 2. The summed E-state index contributed by atoms with van der Waals surface area (Å²) in [6.07, 6.45) is 1.58. The molecular formula is C29H24Cl5N3O4. The predicted octanol–water partition coefficient (Wildman–Crippen LogP) is 7.79. The Kier molecular flexibility index (Phi) is 8.50. The van der Waals surface area contributed by atoms with Crippen molar-refractivity contribution in [1.29, 1.82) is 0 Å². The van der Waals surface area contributed by atoms with Crippen molar-refractivity contribution >= 4 is 92.8 Å². The largest absolute Gasteiger partial charge is 0.384 e. The first kappa shape index (κ1) is 30.0. The van der Waals surface area contributed by atoms with E-state index in [0.717, 1.165) is 12.8 Å². The van der Waals surface area contributed by atoms with Gasteiger partial charge in [-0.25, -0.2) is 0 Å². The van der Waals surface area contributed by atoms with Crippen molar-refractivity contribution in [2.24, 2.45) is 11.3 Å². The number of rotatable bonds is 9. The second kappa shape index (κ2) is 11.6. The molecule has 2 atom stereocenters. The van der Waals surface area contributed by atoms with Crippen LogP contribution in [0.25, 0.3) is 0 Å². The summed E-state index contributed by atoms with van der Waals surface area (Å²) in [5.41, 5.74) is 1.77. The van der Waals surface area contributed by atoms with Gasteiger partial charge in [0.2, 0.25) is 11.8 Å². The summed E-state index contributed by atoms with van der Waals surface area (Å²) in [5, 5.41) is 9.44. The number of carbonyl (C=O) groups excluding carboxylic acids is 3. The summed E-state index contributed by atoms with van der Waals surface area (Å²) >= 11 is 31.4. The third-order valence-electron chi connectivity index (χ3n) is 7.22. The molecule has 0 aliphatic heterocycles. The molecule has 2 saturated carbocycles. The minimum Gasteiger partial charge on any atom is -0.384 e. The van der Waals surface area contributed by atoms with Crippen molar-refractivity contribution in [2.45, 2.75) is 23.1 Å². The second-order valence-corrected chi connectivity index (χ2v) is 12.9. The minimum atomic E-state index is -1.35. The number of halogens is 5. The molecule has 214 valence electrons. The number of benzene rings is 3. The Morgan fingerprint density at radius 3 is 2.00 bits per heavy atom. The molecule has 12 heteroatoms. The van der Waals surface area contributed by atoms with Gasteiger partial charge in [-0.2, -0.15) is 0 Å². The summed E-state index contributed by atoms with van der Waals surface area (Å²) < 4.78 is 3.82. The molecule has 7 nitrogen and oxygen atoms in total. The quantitative estimate of drug-likeness (QED) is 0.205. The van der Waals surface area contributed by atoms with Gasteiger partial charge in [-0.1, -0.05) is 34.8 Å². The summed E-state index contributed by atoms with van der Waals surface area (Å²) in [4.78, 5) is 38.7. The van der Waals surface area contributed by atoms with Crippen LogP contribution in [0, 0.1) is 11.3 Å². The average Bonchev–Trinajstić information content (AvgIpc) is 3.80. The zero-order valence-corrected chi connectivity index (χ0v) is 25.4. The van der Waals surface area contributed by atoms with E-state index in [2.05, 4.69) is 16.0 Å². The maximum Gasteiger partial charge on any atom is 0.257 e.